The van der Waals surface area contributed by atoms with Gasteiger partial charge < -0.3 is 9.21 Å². The molecule has 0 spiro atoms. The van der Waals surface area contributed by atoms with Crippen molar-refractivity contribution >= 4 is 5.78 Å². The van der Waals surface area contributed by atoms with Gasteiger partial charge in [-0.05, 0) is 24.5 Å². The molecule has 1 unspecified atom stereocenters. The molecular weight excluding hydrogens is 140 g/mol. The summed E-state index contributed by atoms with van der Waals surface area (Å²) in [5, 5.41) is 0. The van der Waals surface area contributed by atoms with Crippen LogP contribution in [0.4, 0.5) is 0 Å². The fraction of sp³-hybridized carbons (Fsp3) is 0.444. The normalized spacial score (nSPS) is 12.9. The first kappa shape index (κ1) is 8.05. The van der Waals surface area contributed by atoms with Gasteiger partial charge in [-0.1, -0.05) is 6.92 Å². The van der Waals surface area contributed by atoms with E-state index in [9.17, 15) is 4.79 Å². The van der Waals surface area contributed by atoms with Gasteiger partial charge in [-0.3, -0.25) is 0 Å². The Hall–Kier alpha value is -1.05. The summed E-state index contributed by atoms with van der Waals surface area (Å²) in [6, 6.07) is 1.90. The highest BCUT2D eigenvalue weighted by Gasteiger charge is 2.08. The summed E-state index contributed by atoms with van der Waals surface area (Å²) >= 11 is 0. The van der Waals surface area contributed by atoms with Crippen LogP contribution in [-0.2, 0) is 4.79 Å². The van der Waals surface area contributed by atoms with E-state index >= 15 is 0 Å². The summed E-state index contributed by atoms with van der Waals surface area (Å²) in [7, 11) is 0. The highest BCUT2D eigenvalue weighted by molar-refractivity contribution is 5.76. The molecule has 0 radical (unpaired) electrons. The molecule has 0 bridgehead atoms. The van der Waals surface area contributed by atoms with Crippen LogP contribution in [0.5, 0.6) is 0 Å². The van der Waals surface area contributed by atoms with Crippen molar-refractivity contribution in [1.29, 1.82) is 0 Å². The Morgan fingerprint density at radius 1 is 1.73 bits per heavy atom. The van der Waals surface area contributed by atoms with E-state index in [1.807, 2.05) is 13.0 Å². The Labute approximate surface area is 66.2 Å². The lowest BCUT2D eigenvalue weighted by Gasteiger charge is -2.04. The predicted octanol–water partition coefficient (Wildman–Crippen LogP) is 2.36. The van der Waals surface area contributed by atoms with Crippen LogP contribution in [0.25, 0.3) is 0 Å². The molecule has 0 saturated heterocycles. The third kappa shape index (κ3) is 2.22. The summed E-state index contributed by atoms with van der Waals surface area (Å²) in [4.78, 5) is 10.7. The molecule has 0 N–H and O–H groups in total. The lowest BCUT2D eigenvalue weighted by molar-refractivity contribution is -0.117. The van der Waals surface area contributed by atoms with Crippen LogP contribution in [0, 0.1) is 0 Å². The monoisotopic (exact) mass is 152 g/mol. The van der Waals surface area contributed by atoms with Crippen molar-refractivity contribution in [3.63, 3.8) is 0 Å². The lowest BCUT2D eigenvalue weighted by Crippen LogP contribution is -1.98. The van der Waals surface area contributed by atoms with E-state index < -0.39 is 0 Å². The van der Waals surface area contributed by atoms with Crippen molar-refractivity contribution in [3.05, 3.63) is 24.2 Å². The smallest absolute Gasteiger partial charge is 0.130 e. The second-order valence-corrected chi connectivity index (χ2v) is 2.86. The molecule has 0 aliphatic carbocycles. The van der Waals surface area contributed by atoms with Gasteiger partial charge in [-0.25, -0.2) is 0 Å². The van der Waals surface area contributed by atoms with Gasteiger partial charge >= 0.3 is 0 Å². The lowest BCUT2D eigenvalue weighted by atomic mass is 9.99. The molecule has 0 aromatic carbocycles. The van der Waals surface area contributed by atoms with E-state index in [1.54, 1.807) is 19.5 Å². The van der Waals surface area contributed by atoms with Crippen LogP contribution >= 0.6 is 0 Å². The van der Waals surface area contributed by atoms with Crippen molar-refractivity contribution in [2.24, 2.45) is 0 Å². The molecule has 0 aliphatic rings. The van der Waals surface area contributed by atoms with Gasteiger partial charge in [0.1, 0.15) is 5.78 Å². The predicted molar refractivity (Wildman–Crippen MR) is 42.4 cm³/mol. The molecule has 1 aromatic heterocycles. The number of hydrogen-bond donors (Lipinski definition) is 0. The molecule has 0 amide bonds. The number of ketones is 1. The van der Waals surface area contributed by atoms with Crippen molar-refractivity contribution < 1.29 is 9.21 Å². The van der Waals surface area contributed by atoms with Crippen LogP contribution < -0.4 is 0 Å². The minimum atomic E-state index is 0.221. The van der Waals surface area contributed by atoms with Crippen molar-refractivity contribution in [2.75, 3.05) is 0 Å². The first-order chi connectivity index (χ1) is 5.20. The first-order valence-electron chi connectivity index (χ1n) is 3.71. The largest absolute Gasteiger partial charge is 0.472 e. The summed E-state index contributed by atoms with van der Waals surface area (Å²) in [5.74, 6) is 0.505. The zero-order valence-corrected chi connectivity index (χ0v) is 6.83. The summed E-state index contributed by atoms with van der Waals surface area (Å²) in [6.07, 6.45) is 3.92. The van der Waals surface area contributed by atoms with Crippen LogP contribution in [-0.4, -0.2) is 5.78 Å². The molecule has 2 heteroatoms. The zero-order chi connectivity index (χ0) is 8.27. The topological polar surface area (TPSA) is 30.2 Å². The first-order valence-corrected chi connectivity index (χ1v) is 3.71. The Morgan fingerprint density at radius 3 is 2.91 bits per heavy atom. The molecule has 11 heavy (non-hydrogen) atoms. The van der Waals surface area contributed by atoms with Crippen LogP contribution in [0.1, 0.15) is 31.7 Å². The Bertz CT molecular complexity index is 224. The van der Waals surface area contributed by atoms with Gasteiger partial charge in [-0.2, -0.15) is 0 Å². The average molecular weight is 152 g/mol. The Morgan fingerprint density at radius 2 is 2.45 bits per heavy atom. The van der Waals surface area contributed by atoms with Gasteiger partial charge in [0.25, 0.3) is 0 Å². The average Bonchev–Trinajstić information content (AvgIpc) is 2.35. The third-order valence-corrected chi connectivity index (χ3v) is 1.71. The van der Waals surface area contributed by atoms with Crippen molar-refractivity contribution in [1.82, 2.24) is 0 Å². The summed E-state index contributed by atoms with van der Waals surface area (Å²) < 4.78 is 4.91. The molecule has 0 aliphatic heterocycles. The van der Waals surface area contributed by atoms with Gasteiger partial charge in [0.05, 0.1) is 12.5 Å². The van der Waals surface area contributed by atoms with Gasteiger partial charge in [-0.15, -0.1) is 0 Å². The van der Waals surface area contributed by atoms with Gasteiger partial charge in [0, 0.05) is 6.42 Å². The maximum absolute atomic E-state index is 10.7. The fourth-order valence-corrected chi connectivity index (χ4v) is 1.10. The van der Waals surface area contributed by atoms with Crippen molar-refractivity contribution in [3.8, 4) is 0 Å². The number of Topliss-reactive ketones (excluding diaryl/α,β-unsaturated/α-hetero) is 1. The van der Waals surface area contributed by atoms with Crippen LogP contribution in [0.15, 0.2) is 23.0 Å². The minimum absolute atomic E-state index is 0.221. The molecule has 1 rings (SSSR count). The number of carbonyl (C=O) groups excluding carboxylic acids is 1. The molecule has 2 nitrogen and oxygen atoms in total. The molecule has 1 aromatic rings. The molecule has 0 saturated carbocycles. The van der Waals surface area contributed by atoms with E-state index in [4.69, 9.17) is 4.42 Å². The van der Waals surface area contributed by atoms with E-state index in [1.165, 1.54) is 0 Å². The van der Waals surface area contributed by atoms with E-state index in [0.29, 0.717) is 6.42 Å². The fourth-order valence-electron chi connectivity index (χ4n) is 1.10. The maximum atomic E-state index is 10.7. The van der Waals surface area contributed by atoms with E-state index in [-0.39, 0.29) is 11.7 Å². The zero-order valence-electron chi connectivity index (χ0n) is 6.83. The van der Waals surface area contributed by atoms with Gasteiger partial charge in [0.15, 0.2) is 0 Å². The quantitative estimate of drug-likeness (QED) is 0.665. The molecular formula is C9H12O2. The Balaban J connectivity index is 2.56. The summed E-state index contributed by atoms with van der Waals surface area (Å²) in [6.45, 7) is 3.63. The second kappa shape index (κ2) is 3.37. The standard InChI is InChI=1S/C9H12O2/c1-7(5-8(2)10)9-3-4-11-6-9/h3-4,6-7H,5H2,1-2H3. The van der Waals surface area contributed by atoms with Crippen LogP contribution in [0.3, 0.4) is 0 Å². The second-order valence-electron chi connectivity index (χ2n) is 2.86. The minimum Gasteiger partial charge on any atom is -0.472 e. The van der Waals surface area contributed by atoms with Crippen molar-refractivity contribution in [2.45, 2.75) is 26.2 Å². The number of hydrogen-bond acceptors (Lipinski definition) is 2. The molecule has 1 heterocycles. The van der Waals surface area contributed by atoms with E-state index in [2.05, 4.69) is 0 Å². The third-order valence-electron chi connectivity index (χ3n) is 1.71. The maximum Gasteiger partial charge on any atom is 0.130 e. The number of rotatable bonds is 3. The SMILES string of the molecule is CC(=O)CC(C)c1ccoc1. The molecule has 1 atom stereocenters. The highest BCUT2D eigenvalue weighted by atomic mass is 16.3. The number of carbonyl (C=O) groups is 1. The number of furan rings is 1. The molecule has 60 valence electrons. The summed E-state index contributed by atoms with van der Waals surface area (Å²) in [5.41, 5.74) is 1.10. The highest BCUT2D eigenvalue weighted by Crippen LogP contribution is 2.18. The Kier molecular flexibility index (Phi) is 2.47. The van der Waals surface area contributed by atoms with Gasteiger partial charge in [0.2, 0.25) is 0 Å². The molecule has 0 fully saturated rings. The van der Waals surface area contributed by atoms with E-state index in [0.717, 1.165) is 5.56 Å². The van der Waals surface area contributed by atoms with Crippen LogP contribution in [0.2, 0.25) is 0 Å².